The Morgan fingerprint density at radius 1 is 0.840 bits per heavy atom. The molecule has 4 heteroatoms. The third kappa shape index (κ3) is 9.66. The summed E-state index contributed by atoms with van der Waals surface area (Å²) in [6, 6.07) is 0. The summed E-state index contributed by atoms with van der Waals surface area (Å²) in [5.74, 6) is -2.39. The van der Waals surface area contributed by atoms with Gasteiger partial charge in [0.05, 0.1) is 18.4 Å². The van der Waals surface area contributed by atoms with E-state index in [1.165, 1.54) is 57.8 Å². The summed E-state index contributed by atoms with van der Waals surface area (Å²) in [7, 11) is 0. The van der Waals surface area contributed by atoms with Gasteiger partial charge in [-0.2, -0.15) is 0 Å². The van der Waals surface area contributed by atoms with Gasteiger partial charge in [0.2, 0.25) is 0 Å². The van der Waals surface area contributed by atoms with E-state index < -0.39 is 17.8 Å². The van der Waals surface area contributed by atoms with E-state index in [-0.39, 0.29) is 5.97 Å². The van der Waals surface area contributed by atoms with E-state index in [0.29, 0.717) is 19.4 Å². The second kappa shape index (κ2) is 13.9. The van der Waals surface area contributed by atoms with E-state index in [1.807, 2.05) is 12.2 Å². The molecule has 0 saturated carbocycles. The lowest BCUT2D eigenvalue weighted by molar-refractivity contribution is -0.158. The molecule has 1 aliphatic rings. The number of hydrogen-bond donors (Lipinski definition) is 1. The van der Waals surface area contributed by atoms with E-state index in [2.05, 4.69) is 6.92 Å². The maximum atomic E-state index is 12.1. The van der Waals surface area contributed by atoms with Crippen molar-refractivity contribution in [3.8, 4) is 0 Å². The molecule has 0 aromatic heterocycles. The Labute approximate surface area is 153 Å². The van der Waals surface area contributed by atoms with Crippen molar-refractivity contribution in [1.82, 2.24) is 0 Å². The minimum atomic E-state index is -0.902. The van der Waals surface area contributed by atoms with Crippen LogP contribution in [0.5, 0.6) is 0 Å². The Morgan fingerprint density at radius 2 is 1.32 bits per heavy atom. The Morgan fingerprint density at radius 3 is 1.84 bits per heavy atom. The number of carbonyl (C=O) groups is 2. The van der Waals surface area contributed by atoms with Crippen LogP contribution in [-0.4, -0.2) is 23.7 Å². The lowest BCUT2D eigenvalue weighted by atomic mass is 9.83. The number of rotatable bonds is 14. The third-order valence-electron chi connectivity index (χ3n) is 5.04. The van der Waals surface area contributed by atoms with Crippen LogP contribution in [0, 0.1) is 11.8 Å². The molecule has 0 fully saturated rings. The second-order valence-corrected chi connectivity index (χ2v) is 7.20. The van der Waals surface area contributed by atoms with E-state index >= 15 is 0 Å². The summed E-state index contributed by atoms with van der Waals surface area (Å²) in [5, 5.41) is 9.19. The van der Waals surface area contributed by atoms with Gasteiger partial charge in [-0.25, -0.2) is 0 Å². The standard InChI is InChI=1S/C21H36O4/c1-2-3-4-5-6-7-8-9-10-11-14-17-25-21(24)19-16-13-12-15-18(19)20(22)23/h12-13,18-19H,2-11,14-17H2,1H3,(H,22,23). The summed E-state index contributed by atoms with van der Waals surface area (Å²) < 4.78 is 5.31. The molecule has 25 heavy (non-hydrogen) atoms. The van der Waals surface area contributed by atoms with Gasteiger partial charge in [0, 0.05) is 0 Å². The molecule has 1 aliphatic carbocycles. The number of aliphatic carboxylic acids is 1. The van der Waals surface area contributed by atoms with Crippen LogP contribution < -0.4 is 0 Å². The number of carboxylic acids is 1. The number of carboxylic acid groups (broad SMARTS) is 1. The molecule has 0 saturated heterocycles. The van der Waals surface area contributed by atoms with Crippen molar-refractivity contribution in [2.75, 3.05) is 6.61 Å². The van der Waals surface area contributed by atoms with Crippen LogP contribution in [0.1, 0.15) is 90.4 Å². The van der Waals surface area contributed by atoms with Crippen LogP contribution in [0.2, 0.25) is 0 Å². The van der Waals surface area contributed by atoms with Crippen molar-refractivity contribution in [3.63, 3.8) is 0 Å². The van der Waals surface area contributed by atoms with E-state index in [9.17, 15) is 14.7 Å². The molecule has 144 valence electrons. The van der Waals surface area contributed by atoms with Crippen LogP contribution in [0.25, 0.3) is 0 Å². The Kier molecular flexibility index (Phi) is 12.1. The summed E-state index contributed by atoms with van der Waals surface area (Å²) in [6.07, 6.45) is 18.5. The molecule has 0 amide bonds. The van der Waals surface area contributed by atoms with Gasteiger partial charge < -0.3 is 9.84 Å². The molecule has 1 rings (SSSR count). The smallest absolute Gasteiger partial charge is 0.310 e. The van der Waals surface area contributed by atoms with Gasteiger partial charge in [-0.05, 0) is 19.3 Å². The van der Waals surface area contributed by atoms with Crippen molar-refractivity contribution in [2.45, 2.75) is 90.4 Å². The van der Waals surface area contributed by atoms with Gasteiger partial charge in [-0.3, -0.25) is 9.59 Å². The van der Waals surface area contributed by atoms with E-state index in [4.69, 9.17) is 4.74 Å². The minimum absolute atomic E-state index is 0.344. The molecular weight excluding hydrogens is 316 g/mol. The zero-order valence-electron chi connectivity index (χ0n) is 15.9. The van der Waals surface area contributed by atoms with E-state index in [1.54, 1.807) is 0 Å². The first-order valence-electron chi connectivity index (χ1n) is 10.2. The topological polar surface area (TPSA) is 63.6 Å². The summed E-state index contributed by atoms with van der Waals surface area (Å²) in [5.41, 5.74) is 0. The van der Waals surface area contributed by atoms with Crippen molar-refractivity contribution in [2.24, 2.45) is 11.8 Å². The number of carbonyl (C=O) groups excluding carboxylic acids is 1. The maximum Gasteiger partial charge on any atom is 0.310 e. The molecule has 4 nitrogen and oxygen atoms in total. The van der Waals surface area contributed by atoms with Crippen LogP contribution in [-0.2, 0) is 14.3 Å². The van der Waals surface area contributed by atoms with Gasteiger partial charge in [-0.1, -0.05) is 83.3 Å². The second-order valence-electron chi connectivity index (χ2n) is 7.20. The van der Waals surface area contributed by atoms with Gasteiger partial charge in [0.1, 0.15) is 0 Å². The maximum absolute atomic E-state index is 12.1. The monoisotopic (exact) mass is 352 g/mol. The largest absolute Gasteiger partial charge is 0.481 e. The number of unbranched alkanes of at least 4 members (excludes halogenated alkanes) is 10. The van der Waals surface area contributed by atoms with E-state index in [0.717, 1.165) is 12.8 Å². The molecule has 0 bridgehead atoms. The Balaban J connectivity index is 1.98. The van der Waals surface area contributed by atoms with Crippen LogP contribution >= 0.6 is 0 Å². The number of esters is 1. The summed E-state index contributed by atoms with van der Waals surface area (Å²) >= 11 is 0. The van der Waals surface area contributed by atoms with Crippen LogP contribution in [0.15, 0.2) is 12.2 Å². The summed E-state index contributed by atoms with van der Waals surface area (Å²) in [6.45, 7) is 2.66. The van der Waals surface area contributed by atoms with Crippen molar-refractivity contribution >= 4 is 11.9 Å². The fourth-order valence-corrected chi connectivity index (χ4v) is 3.39. The van der Waals surface area contributed by atoms with Gasteiger partial charge in [0.15, 0.2) is 0 Å². The first-order chi connectivity index (χ1) is 12.2. The van der Waals surface area contributed by atoms with Gasteiger partial charge >= 0.3 is 11.9 Å². The first-order valence-corrected chi connectivity index (χ1v) is 10.2. The average Bonchev–Trinajstić information content (AvgIpc) is 2.62. The van der Waals surface area contributed by atoms with Gasteiger partial charge in [0.25, 0.3) is 0 Å². The highest BCUT2D eigenvalue weighted by Gasteiger charge is 2.34. The fraction of sp³-hybridized carbons (Fsp3) is 0.810. The minimum Gasteiger partial charge on any atom is -0.481 e. The normalized spacial score (nSPS) is 19.7. The molecule has 0 radical (unpaired) electrons. The lowest BCUT2D eigenvalue weighted by Crippen LogP contribution is -2.32. The highest BCUT2D eigenvalue weighted by molar-refractivity contribution is 5.81. The van der Waals surface area contributed by atoms with Crippen LogP contribution in [0.3, 0.4) is 0 Å². The molecular formula is C21H36O4. The number of allylic oxidation sites excluding steroid dienone is 2. The molecule has 0 aliphatic heterocycles. The molecule has 0 aromatic rings. The molecule has 0 spiro atoms. The van der Waals surface area contributed by atoms with Gasteiger partial charge in [-0.15, -0.1) is 0 Å². The average molecular weight is 353 g/mol. The predicted molar refractivity (Wildman–Crippen MR) is 100 cm³/mol. The van der Waals surface area contributed by atoms with Crippen molar-refractivity contribution < 1.29 is 19.4 Å². The highest BCUT2D eigenvalue weighted by Crippen LogP contribution is 2.27. The highest BCUT2D eigenvalue weighted by atomic mass is 16.5. The van der Waals surface area contributed by atoms with Crippen LogP contribution in [0.4, 0.5) is 0 Å². The first kappa shape index (κ1) is 21.7. The zero-order chi connectivity index (χ0) is 18.3. The lowest BCUT2D eigenvalue weighted by Gasteiger charge is -2.23. The summed E-state index contributed by atoms with van der Waals surface area (Å²) in [4.78, 5) is 23.3. The third-order valence-corrected chi connectivity index (χ3v) is 5.04. The fourth-order valence-electron chi connectivity index (χ4n) is 3.39. The Hall–Kier alpha value is -1.32. The molecule has 0 heterocycles. The number of hydrogen-bond acceptors (Lipinski definition) is 3. The zero-order valence-corrected chi connectivity index (χ0v) is 15.9. The molecule has 0 aromatic carbocycles. The molecule has 2 atom stereocenters. The molecule has 1 N–H and O–H groups in total. The molecule has 2 unspecified atom stereocenters. The SMILES string of the molecule is CCCCCCCCCCCCCOC(=O)C1CC=CCC1C(=O)O. The van der Waals surface area contributed by atoms with Crippen molar-refractivity contribution in [1.29, 1.82) is 0 Å². The predicted octanol–water partition coefficient (Wildman–Crippen LogP) is 5.51. The van der Waals surface area contributed by atoms with Crippen molar-refractivity contribution in [3.05, 3.63) is 12.2 Å². The number of ether oxygens (including phenoxy) is 1. The quantitative estimate of drug-likeness (QED) is 0.254. The Bertz CT molecular complexity index is 403.